The van der Waals surface area contributed by atoms with Crippen LogP contribution in [0.1, 0.15) is 6.42 Å². The van der Waals surface area contributed by atoms with Crippen molar-refractivity contribution < 1.29 is 4.74 Å². The first-order valence-corrected chi connectivity index (χ1v) is 7.14. The molecule has 0 aliphatic carbocycles. The lowest BCUT2D eigenvalue weighted by Crippen LogP contribution is -2.34. The van der Waals surface area contributed by atoms with E-state index >= 15 is 0 Å². The first kappa shape index (κ1) is 11.9. The predicted octanol–water partition coefficient (Wildman–Crippen LogP) is 1.44. The van der Waals surface area contributed by atoms with Crippen molar-refractivity contribution in [1.29, 1.82) is 0 Å². The van der Waals surface area contributed by atoms with Crippen LogP contribution in [-0.2, 0) is 0 Å². The molecule has 0 bridgehead atoms. The van der Waals surface area contributed by atoms with E-state index in [1.165, 1.54) is 12.1 Å². The van der Waals surface area contributed by atoms with Crippen LogP contribution >= 0.6 is 0 Å². The third kappa shape index (κ3) is 1.73. The van der Waals surface area contributed by atoms with E-state index in [2.05, 4.69) is 26.3 Å². The van der Waals surface area contributed by atoms with Crippen LogP contribution in [0.15, 0.2) is 24.4 Å². The molecule has 2 saturated heterocycles. The molecule has 2 fully saturated rings. The van der Waals surface area contributed by atoms with E-state index in [0.29, 0.717) is 11.9 Å². The zero-order valence-electron chi connectivity index (χ0n) is 11.5. The number of anilines is 1. The first-order chi connectivity index (χ1) is 9.86. The van der Waals surface area contributed by atoms with Crippen LogP contribution in [-0.4, -0.2) is 42.8 Å². The normalized spacial score (nSPS) is 25.1. The van der Waals surface area contributed by atoms with E-state index in [-0.39, 0.29) is 0 Å². The fourth-order valence-electron chi connectivity index (χ4n) is 3.49. The van der Waals surface area contributed by atoms with Crippen molar-refractivity contribution in [1.82, 2.24) is 15.3 Å². The summed E-state index contributed by atoms with van der Waals surface area (Å²) in [4.78, 5) is 11.5. The van der Waals surface area contributed by atoms with E-state index in [4.69, 9.17) is 4.74 Å². The van der Waals surface area contributed by atoms with Crippen LogP contribution in [0.25, 0.3) is 11.0 Å². The lowest BCUT2D eigenvalue weighted by molar-refractivity contribution is 0.399. The van der Waals surface area contributed by atoms with Crippen molar-refractivity contribution >= 4 is 16.7 Å². The van der Waals surface area contributed by atoms with E-state index in [1.54, 1.807) is 7.11 Å². The second-order valence-electron chi connectivity index (χ2n) is 5.52. The molecule has 2 aliphatic rings. The molecule has 2 atom stereocenters. The summed E-state index contributed by atoms with van der Waals surface area (Å²) in [6, 6.07) is 6.51. The largest absolute Gasteiger partial charge is 0.481 e. The van der Waals surface area contributed by atoms with Crippen molar-refractivity contribution in [3.05, 3.63) is 24.4 Å². The number of hydrogen-bond acceptors (Lipinski definition) is 5. The molecular weight excluding hydrogens is 252 g/mol. The Balaban J connectivity index is 1.82. The van der Waals surface area contributed by atoms with Crippen LogP contribution in [0.2, 0.25) is 0 Å². The molecule has 0 spiro atoms. The Morgan fingerprint density at radius 1 is 1.30 bits per heavy atom. The van der Waals surface area contributed by atoms with Gasteiger partial charge in [0.05, 0.1) is 18.3 Å². The highest BCUT2D eigenvalue weighted by molar-refractivity contribution is 5.88. The van der Waals surface area contributed by atoms with Crippen LogP contribution < -0.4 is 15.0 Å². The van der Waals surface area contributed by atoms with Crippen molar-refractivity contribution in [3.8, 4) is 5.88 Å². The van der Waals surface area contributed by atoms with Crippen LogP contribution in [0, 0.1) is 5.92 Å². The van der Waals surface area contributed by atoms with E-state index in [0.717, 1.165) is 36.6 Å². The van der Waals surface area contributed by atoms with Gasteiger partial charge in [-0.25, -0.2) is 4.98 Å². The summed E-state index contributed by atoms with van der Waals surface area (Å²) in [6.45, 7) is 3.31. The maximum Gasteiger partial charge on any atom is 0.213 e. The van der Waals surface area contributed by atoms with Gasteiger partial charge < -0.3 is 15.0 Å². The Kier molecular flexibility index (Phi) is 2.73. The summed E-state index contributed by atoms with van der Waals surface area (Å²) in [7, 11) is 1.65. The molecule has 1 N–H and O–H groups in total. The van der Waals surface area contributed by atoms with Crippen molar-refractivity contribution in [2.24, 2.45) is 5.92 Å². The van der Waals surface area contributed by atoms with Crippen LogP contribution in [0.3, 0.4) is 0 Å². The number of nitrogens with one attached hydrogen (secondary N) is 1. The predicted molar refractivity (Wildman–Crippen MR) is 78.2 cm³/mol. The Morgan fingerprint density at radius 3 is 3.15 bits per heavy atom. The molecule has 0 radical (unpaired) electrons. The molecule has 4 heterocycles. The third-order valence-corrected chi connectivity index (χ3v) is 4.50. The van der Waals surface area contributed by atoms with E-state index in [1.807, 2.05) is 18.3 Å². The smallest absolute Gasteiger partial charge is 0.213 e. The van der Waals surface area contributed by atoms with Gasteiger partial charge in [-0.15, -0.1) is 0 Å². The van der Waals surface area contributed by atoms with Crippen molar-refractivity contribution in [3.63, 3.8) is 0 Å². The average molecular weight is 270 g/mol. The van der Waals surface area contributed by atoms with E-state index in [9.17, 15) is 0 Å². The number of hydrogen-bond donors (Lipinski definition) is 1. The molecule has 2 aliphatic heterocycles. The minimum Gasteiger partial charge on any atom is -0.481 e. The van der Waals surface area contributed by atoms with Crippen LogP contribution in [0.5, 0.6) is 5.88 Å². The summed E-state index contributed by atoms with van der Waals surface area (Å²) < 4.78 is 5.26. The van der Waals surface area contributed by atoms with Crippen molar-refractivity contribution in [2.75, 3.05) is 31.6 Å². The second kappa shape index (κ2) is 4.59. The summed E-state index contributed by atoms with van der Waals surface area (Å²) in [5, 5.41) is 3.49. The quantitative estimate of drug-likeness (QED) is 0.895. The zero-order valence-corrected chi connectivity index (χ0v) is 11.5. The number of fused-ring (bicyclic) bond motifs is 2. The summed E-state index contributed by atoms with van der Waals surface area (Å²) in [5.41, 5.74) is 3.06. The van der Waals surface area contributed by atoms with Gasteiger partial charge in [0.2, 0.25) is 5.88 Å². The minimum atomic E-state index is 0.591. The topological polar surface area (TPSA) is 50.3 Å². The maximum absolute atomic E-state index is 5.26. The van der Waals surface area contributed by atoms with Gasteiger partial charge in [-0.2, -0.15) is 0 Å². The minimum absolute atomic E-state index is 0.591. The van der Waals surface area contributed by atoms with E-state index < -0.39 is 0 Å². The number of ether oxygens (including phenoxy) is 1. The fraction of sp³-hybridized carbons (Fsp3) is 0.467. The molecule has 2 aromatic rings. The van der Waals surface area contributed by atoms with Gasteiger partial charge in [0, 0.05) is 37.9 Å². The third-order valence-electron chi connectivity index (χ3n) is 4.50. The SMILES string of the molecule is COc1ccc2nccc(N3CC[C@@H]4CNC[C@@H]43)c2n1. The number of methoxy groups -OCH3 is 1. The Bertz CT molecular complexity index is 645. The average Bonchev–Trinajstić information content (AvgIpc) is 3.09. The highest BCUT2D eigenvalue weighted by Gasteiger charge is 2.38. The number of pyridine rings is 2. The molecule has 2 aromatic heterocycles. The summed E-state index contributed by atoms with van der Waals surface area (Å²) in [5.74, 6) is 1.41. The Labute approximate surface area is 118 Å². The van der Waals surface area contributed by atoms with Crippen molar-refractivity contribution in [2.45, 2.75) is 12.5 Å². The lowest BCUT2D eigenvalue weighted by Gasteiger charge is -2.26. The van der Waals surface area contributed by atoms with Gasteiger partial charge in [-0.3, -0.25) is 4.98 Å². The molecule has 0 unspecified atom stereocenters. The highest BCUT2D eigenvalue weighted by atomic mass is 16.5. The summed E-state index contributed by atoms with van der Waals surface area (Å²) in [6.07, 6.45) is 3.13. The monoisotopic (exact) mass is 270 g/mol. The highest BCUT2D eigenvalue weighted by Crippen LogP contribution is 2.35. The second-order valence-corrected chi connectivity index (χ2v) is 5.52. The van der Waals surface area contributed by atoms with Gasteiger partial charge in [-0.1, -0.05) is 0 Å². The lowest BCUT2D eigenvalue weighted by atomic mass is 10.0. The number of rotatable bonds is 2. The Hall–Kier alpha value is -1.88. The van der Waals surface area contributed by atoms with Gasteiger partial charge in [0.15, 0.2) is 0 Å². The molecule has 0 aromatic carbocycles. The molecule has 5 heteroatoms. The number of aromatic nitrogens is 2. The standard InChI is InChI=1S/C15H18N4O/c1-20-14-3-2-11-15(18-14)12(4-6-17-11)19-7-5-10-8-16-9-13(10)19/h2-4,6,10,13,16H,5,7-9H2,1H3/t10-,13+/m1/s1. The maximum atomic E-state index is 5.26. The summed E-state index contributed by atoms with van der Waals surface area (Å²) >= 11 is 0. The molecular formula is C15H18N4O. The number of nitrogens with zero attached hydrogens (tertiary/aromatic N) is 3. The van der Waals surface area contributed by atoms with Gasteiger partial charge >= 0.3 is 0 Å². The molecule has 104 valence electrons. The first-order valence-electron chi connectivity index (χ1n) is 7.14. The molecule has 20 heavy (non-hydrogen) atoms. The van der Waals surface area contributed by atoms with Gasteiger partial charge in [-0.05, 0) is 24.5 Å². The van der Waals surface area contributed by atoms with Gasteiger partial charge in [0.25, 0.3) is 0 Å². The zero-order chi connectivity index (χ0) is 13.5. The molecule has 5 nitrogen and oxygen atoms in total. The fourth-order valence-corrected chi connectivity index (χ4v) is 3.49. The molecule has 0 amide bonds. The Morgan fingerprint density at radius 2 is 2.25 bits per heavy atom. The van der Waals surface area contributed by atoms with Crippen LogP contribution in [0.4, 0.5) is 5.69 Å². The molecule has 4 rings (SSSR count). The molecule has 0 saturated carbocycles. The van der Waals surface area contributed by atoms with Gasteiger partial charge in [0.1, 0.15) is 5.52 Å².